The molecular weight excluding hydrogens is 268 g/mol. The molecule has 0 aromatic heterocycles. The summed E-state index contributed by atoms with van der Waals surface area (Å²) in [6, 6.07) is 0. The molecule has 126 valence electrons. The Hall–Kier alpha value is -0.160. The lowest BCUT2D eigenvalue weighted by atomic mass is 9.98. The van der Waals surface area contributed by atoms with Crippen LogP contribution >= 0.6 is 0 Å². The molecule has 1 saturated carbocycles. The van der Waals surface area contributed by atoms with Crippen LogP contribution in [0.25, 0.3) is 0 Å². The van der Waals surface area contributed by atoms with Crippen LogP contribution in [0.2, 0.25) is 0 Å². The summed E-state index contributed by atoms with van der Waals surface area (Å²) in [5, 5.41) is 0. The van der Waals surface area contributed by atoms with Gasteiger partial charge in [-0.05, 0) is 18.3 Å². The molecule has 0 heterocycles. The number of rotatable bonds is 11. The predicted molar refractivity (Wildman–Crippen MR) is 84.7 cm³/mol. The van der Waals surface area contributed by atoms with Gasteiger partial charge in [0.1, 0.15) is 0 Å². The lowest BCUT2D eigenvalue weighted by Gasteiger charge is -2.21. The van der Waals surface area contributed by atoms with Crippen LogP contribution in [0.4, 0.5) is 0 Å². The van der Waals surface area contributed by atoms with Crippen LogP contribution in [0.1, 0.15) is 52.9 Å². The van der Waals surface area contributed by atoms with E-state index in [0.717, 1.165) is 6.61 Å². The first-order chi connectivity index (χ1) is 10.1. The molecule has 4 nitrogen and oxygen atoms in total. The van der Waals surface area contributed by atoms with Crippen molar-refractivity contribution >= 4 is 0 Å². The number of ether oxygens (including phenoxy) is 4. The van der Waals surface area contributed by atoms with Crippen LogP contribution in [0.5, 0.6) is 0 Å². The van der Waals surface area contributed by atoms with Crippen molar-refractivity contribution in [3.8, 4) is 0 Å². The van der Waals surface area contributed by atoms with Crippen molar-refractivity contribution in [3.63, 3.8) is 0 Å². The summed E-state index contributed by atoms with van der Waals surface area (Å²) in [4.78, 5) is 0. The van der Waals surface area contributed by atoms with Crippen molar-refractivity contribution in [3.05, 3.63) is 0 Å². The smallest absolute Gasteiger partial charge is 0.0704 e. The minimum Gasteiger partial charge on any atom is -0.379 e. The highest BCUT2D eigenvalue weighted by atomic mass is 16.6. The molecule has 0 radical (unpaired) electrons. The molecule has 0 unspecified atom stereocenters. The Bertz CT molecular complexity index is 231. The van der Waals surface area contributed by atoms with Gasteiger partial charge >= 0.3 is 0 Å². The zero-order chi connectivity index (χ0) is 15.4. The number of hydrogen-bond acceptors (Lipinski definition) is 4. The first-order valence-corrected chi connectivity index (χ1v) is 8.43. The van der Waals surface area contributed by atoms with Crippen molar-refractivity contribution in [1.29, 1.82) is 0 Å². The second-order valence-electron chi connectivity index (χ2n) is 6.97. The molecule has 1 aliphatic rings. The van der Waals surface area contributed by atoms with Crippen molar-refractivity contribution in [2.75, 3.05) is 46.2 Å². The average Bonchev–Trinajstić information content (AvgIpc) is 2.44. The fraction of sp³-hybridized carbons (Fsp3) is 1.00. The summed E-state index contributed by atoms with van der Waals surface area (Å²) < 4.78 is 22.3. The molecule has 1 fully saturated rings. The maximum absolute atomic E-state index is 5.79. The second kappa shape index (κ2) is 11.4. The predicted octanol–water partition coefficient (Wildman–Crippen LogP) is 3.43. The molecule has 4 heteroatoms. The zero-order valence-corrected chi connectivity index (χ0v) is 14.2. The Labute approximate surface area is 130 Å². The quantitative estimate of drug-likeness (QED) is 0.548. The average molecular weight is 302 g/mol. The van der Waals surface area contributed by atoms with Gasteiger partial charge in [-0.1, -0.05) is 40.0 Å². The van der Waals surface area contributed by atoms with Gasteiger partial charge in [-0.3, -0.25) is 0 Å². The van der Waals surface area contributed by atoms with Crippen molar-refractivity contribution in [2.24, 2.45) is 5.41 Å². The second-order valence-corrected chi connectivity index (χ2v) is 6.97. The molecule has 0 bridgehead atoms. The molecule has 0 aromatic rings. The third kappa shape index (κ3) is 12.1. The highest BCUT2D eigenvalue weighted by Crippen LogP contribution is 2.19. The van der Waals surface area contributed by atoms with Gasteiger partial charge in [0.2, 0.25) is 0 Å². The topological polar surface area (TPSA) is 36.9 Å². The van der Waals surface area contributed by atoms with E-state index in [9.17, 15) is 0 Å². The van der Waals surface area contributed by atoms with E-state index in [1.54, 1.807) is 0 Å². The molecule has 21 heavy (non-hydrogen) atoms. The Morgan fingerprint density at radius 3 is 1.81 bits per heavy atom. The Kier molecular flexibility index (Phi) is 10.3. The molecule has 1 rings (SSSR count). The number of hydrogen-bond donors (Lipinski definition) is 0. The van der Waals surface area contributed by atoms with E-state index in [-0.39, 0.29) is 5.41 Å². The van der Waals surface area contributed by atoms with Gasteiger partial charge in [0.25, 0.3) is 0 Å². The summed E-state index contributed by atoms with van der Waals surface area (Å²) >= 11 is 0. The van der Waals surface area contributed by atoms with Gasteiger partial charge in [-0.15, -0.1) is 0 Å². The Balaban J connectivity index is 1.74. The summed E-state index contributed by atoms with van der Waals surface area (Å²) in [5.74, 6) is 0. The molecule has 0 N–H and O–H groups in total. The fourth-order valence-electron chi connectivity index (χ4n) is 2.32. The third-order valence-corrected chi connectivity index (χ3v) is 3.41. The van der Waals surface area contributed by atoms with Crippen LogP contribution in [0.3, 0.4) is 0 Å². The van der Waals surface area contributed by atoms with Crippen LogP contribution in [-0.2, 0) is 18.9 Å². The summed E-state index contributed by atoms with van der Waals surface area (Å²) in [5.41, 5.74) is 0.224. The van der Waals surface area contributed by atoms with Gasteiger partial charge in [0.05, 0.1) is 52.4 Å². The van der Waals surface area contributed by atoms with Crippen LogP contribution in [0, 0.1) is 5.41 Å². The van der Waals surface area contributed by atoms with E-state index >= 15 is 0 Å². The molecule has 1 aliphatic carbocycles. The van der Waals surface area contributed by atoms with E-state index in [0.29, 0.717) is 45.7 Å². The van der Waals surface area contributed by atoms with Crippen molar-refractivity contribution in [1.82, 2.24) is 0 Å². The highest BCUT2D eigenvalue weighted by Gasteiger charge is 2.13. The minimum atomic E-state index is 0.224. The molecule has 0 aromatic carbocycles. The lowest BCUT2D eigenvalue weighted by Crippen LogP contribution is -2.20. The highest BCUT2D eigenvalue weighted by molar-refractivity contribution is 4.64. The molecule has 0 atom stereocenters. The maximum Gasteiger partial charge on any atom is 0.0704 e. The monoisotopic (exact) mass is 302 g/mol. The molecule has 0 amide bonds. The van der Waals surface area contributed by atoms with Gasteiger partial charge < -0.3 is 18.9 Å². The van der Waals surface area contributed by atoms with Crippen molar-refractivity contribution in [2.45, 2.75) is 59.0 Å². The van der Waals surface area contributed by atoms with Crippen LogP contribution in [0.15, 0.2) is 0 Å². The molecule has 0 spiro atoms. The fourth-order valence-corrected chi connectivity index (χ4v) is 2.32. The maximum atomic E-state index is 5.79. The zero-order valence-electron chi connectivity index (χ0n) is 14.2. The van der Waals surface area contributed by atoms with Crippen molar-refractivity contribution < 1.29 is 18.9 Å². The minimum absolute atomic E-state index is 0.224. The first kappa shape index (κ1) is 18.9. The van der Waals surface area contributed by atoms with Gasteiger partial charge in [-0.25, -0.2) is 0 Å². The molecular formula is C17H34O4. The van der Waals surface area contributed by atoms with Crippen LogP contribution < -0.4 is 0 Å². The first-order valence-electron chi connectivity index (χ1n) is 8.43. The molecule has 0 saturated heterocycles. The van der Waals surface area contributed by atoms with Crippen LogP contribution in [-0.4, -0.2) is 52.4 Å². The Morgan fingerprint density at radius 2 is 1.24 bits per heavy atom. The third-order valence-electron chi connectivity index (χ3n) is 3.41. The molecule has 0 aliphatic heterocycles. The van der Waals surface area contributed by atoms with Gasteiger partial charge in [0.15, 0.2) is 0 Å². The van der Waals surface area contributed by atoms with Gasteiger partial charge in [-0.2, -0.15) is 0 Å². The summed E-state index contributed by atoms with van der Waals surface area (Å²) in [6.45, 7) is 11.2. The Morgan fingerprint density at radius 1 is 0.714 bits per heavy atom. The van der Waals surface area contributed by atoms with E-state index < -0.39 is 0 Å². The van der Waals surface area contributed by atoms with E-state index in [4.69, 9.17) is 18.9 Å². The van der Waals surface area contributed by atoms with Gasteiger partial charge in [0, 0.05) is 0 Å². The normalized spacial score (nSPS) is 17.3. The van der Waals surface area contributed by atoms with E-state index in [2.05, 4.69) is 20.8 Å². The van der Waals surface area contributed by atoms with E-state index in [1.807, 2.05) is 0 Å². The van der Waals surface area contributed by atoms with E-state index in [1.165, 1.54) is 32.1 Å². The largest absolute Gasteiger partial charge is 0.379 e. The summed E-state index contributed by atoms with van der Waals surface area (Å²) in [6.07, 6.45) is 6.91. The summed E-state index contributed by atoms with van der Waals surface area (Å²) in [7, 11) is 0. The standard InChI is InChI=1S/C17H34O4/c1-17(2,3)15-20-12-11-18-9-10-19-13-14-21-16-7-5-4-6-8-16/h16H,4-15H2,1-3H3. The SMILES string of the molecule is CC(C)(C)COCCOCCOCCOC1CCCCC1. The lowest BCUT2D eigenvalue weighted by molar-refractivity contribution is -0.0297.